The van der Waals surface area contributed by atoms with Gasteiger partial charge in [0, 0.05) is 11.1 Å². The summed E-state index contributed by atoms with van der Waals surface area (Å²) in [6.45, 7) is 3.51. The van der Waals surface area contributed by atoms with Crippen molar-refractivity contribution in [2.75, 3.05) is 6.61 Å². The van der Waals surface area contributed by atoms with E-state index in [0.29, 0.717) is 16.9 Å². The molecule has 4 heteroatoms. The predicted octanol–water partition coefficient (Wildman–Crippen LogP) is 2.22. The van der Waals surface area contributed by atoms with Crippen molar-refractivity contribution in [3.05, 3.63) is 33.4 Å². The first-order valence-electron chi connectivity index (χ1n) is 4.38. The lowest BCUT2D eigenvalue weighted by Crippen LogP contribution is -1.98. The molecule has 0 radical (unpaired) electrons. The Morgan fingerprint density at radius 3 is 2.40 bits per heavy atom. The van der Waals surface area contributed by atoms with Gasteiger partial charge in [-0.1, -0.05) is 5.92 Å². The van der Waals surface area contributed by atoms with Crippen molar-refractivity contribution in [2.45, 2.75) is 13.8 Å². The topological polar surface area (TPSA) is 52.4 Å². The molecule has 0 aliphatic carbocycles. The highest BCUT2D eigenvalue weighted by Crippen LogP contribution is 2.27. The van der Waals surface area contributed by atoms with Crippen molar-refractivity contribution in [3.8, 4) is 18.1 Å². The van der Waals surface area contributed by atoms with Gasteiger partial charge in [-0.2, -0.15) is 0 Å². The van der Waals surface area contributed by atoms with Gasteiger partial charge in [0.15, 0.2) is 0 Å². The highest BCUT2D eigenvalue weighted by Gasteiger charge is 2.15. The molecule has 1 aromatic carbocycles. The molecule has 0 bridgehead atoms. The van der Waals surface area contributed by atoms with Crippen molar-refractivity contribution < 1.29 is 9.66 Å². The van der Waals surface area contributed by atoms with Gasteiger partial charge in [0.25, 0.3) is 5.69 Å². The number of terminal acetylenes is 1. The fraction of sp³-hybridized carbons (Fsp3) is 0.273. The largest absolute Gasteiger partial charge is 0.481 e. The maximum Gasteiger partial charge on any atom is 0.275 e. The average molecular weight is 205 g/mol. The zero-order valence-electron chi connectivity index (χ0n) is 8.61. The maximum atomic E-state index is 10.7. The summed E-state index contributed by atoms with van der Waals surface area (Å²) in [5, 5.41) is 10.7. The lowest BCUT2D eigenvalue weighted by atomic mass is 10.1. The van der Waals surface area contributed by atoms with Gasteiger partial charge < -0.3 is 4.74 Å². The molecule has 0 aliphatic rings. The minimum Gasteiger partial charge on any atom is -0.481 e. The summed E-state index contributed by atoms with van der Waals surface area (Å²) < 4.78 is 5.19. The highest BCUT2D eigenvalue weighted by molar-refractivity contribution is 5.51. The van der Waals surface area contributed by atoms with E-state index in [1.807, 2.05) is 0 Å². The molecule has 1 rings (SSSR count). The highest BCUT2D eigenvalue weighted by atomic mass is 16.6. The molecule has 0 N–H and O–H groups in total. The number of rotatable bonds is 3. The van der Waals surface area contributed by atoms with Gasteiger partial charge in [-0.25, -0.2) is 0 Å². The fourth-order valence-corrected chi connectivity index (χ4v) is 1.41. The Hall–Kier alpha value is -2.02. The molecule has 1 aromatic rings. The van der Waals surface area contributed by atoms with E-state index < -0.39 is 4.92 Å². The summed E-state index contributed by atoms with van der Waals surface area (Å²) in [5.41, 5.74) is 1.28. The molecule has 78 valence electrons. The lowest BCUT2D eigenvalue weighted by Gasteiger charge is -2.06. The van der Waals surface area contributed by atoms with E-state index in [-0.39, 0.29) is 12.3 Å². The Labute approximate surface area is 88.0 Å². The second-order valence-corrected chi connectivity index (χ2v) is 3.16. The lowest BCUT2D eigenvalue weighted by molar-refractivity contribution is -0.386. The summed E-state index contributed by atoms with van der Waals surface area (Å²) in [4.78, 5) is 10.3. The average Bonchev–Trinajstić information content (AvgIpc) is 2.12. The minimum absolute atomic E-state index is 0.128. The van der Waals surface area contributed by atoms with Crippen LogP contribution in [0.3, 0.4) is 0 Å². The second-order valence-electron chi connectivity index (χ2n) is 3.16. The van der Waals surface area contributed by atoms with E-state index in [1.54, 1.807) is 26.0 Å². The van der Waals surface area contributed by atoms with Gasteiger partial charge in [0.2, 0.25) is 0 Å². The number of hydrogen-bond donors (Lipinski definition) is 0. The molecule has 0 saturated heterocycles. The molecular weight excluding hydrogens is 194 g/mol. The van der Waals surface area contributed by atoms with Crippen molar-refractivity contribution in [3.63, 3.8) is 0 Å². The number of aryl methyl sites for hydroxylation is 2. The van der Waals surface area contributed by atoms with Crippen LogP contribution in [0.5, 0.6) is 5.75 Å². The number of ether oxygens (including phenoxy) is 1. The van der Waals surface area contributed by atoms with Crippen LogP contribution in [0, 0.1) is 36.3 Å². The third kappa shape index (κ3) is 2.47. The van der Waals surface area contributed by atoms with Gasteiger partial charge in [0.1, 0.15) is 12.4 Å². The monoisotopic (exact) mass is 205 g/mol. The Balaban J connectivity index is 3.09. The maximum absolute atomic E-state index is 10.7. The van der Waals surface area contributed by atoms with E-state index >= 15 is 0 Å². The summed E-state index contributed by atoms with van der Waals surface area (Å²) in [6.07, 6.45) is 5.05. The number of nitrogens with zero attached hydrogens (tertiary/aromatic N) is 1. The van der Waals surface area contributed by atoms with E-state index in [2.05, 4.69) is 5.92 Å². The van der Waals surface area contributed by atoms with E-state index in [1.165, 1.54) is 0 Å². The standard InChI is InChI=1S/C11H11NO3/c1-4-5-15-10-6-8(2)11(12(13)14)9(3)7-10/h1,6-7H,5H2,2-3H3. The van der Waals surface area contributed by atoms with Crippen molar-refractivity contribution in [1.29, 1.82) is 0 Å². The first-order valence-corrected chi connectivity index (χ1v) is 4.38. The van der Waals surface area contributed by atoms with Crippen molar-refractivity contribution in [2.24, 2.45) is 0 Å². The van der Waals surface area contributed by atoms with Crippen LogP contribution in [0.25, 0.3) is 0 Å². The third-order valence-corrected chi connectivity index (χ3v) is 1.97. The van der Waals surface area contributed by atoms with Crippen LogP contribution < -0.4 is 4.74 Å². The van der Waals surface area contributed by atoms with Crippen LogP contribution >= 0.6 is 0 Å². The van der Waals surface area contributed by atoms with Crippen molar-refractivity contribution >= 4 is 5.69 Å². The molecule has 0 heterocycles. The number of hydrogen-bond acceptors (Lipinski definition) is 3. The predicted molar refractivity (Wildman–Crippen MR) is 56.9 cm³/mol. The van der Waals surface area contributed by atoms with Gasteiger partial charge >= 0.3 is 0 Å². The summed E-state index contributed by atoms with van der Waals surface area (Å²) in [5.74, 6) is 2.90. The Morgan fingerprint density at radius 1 is 1.47 bits per heavy atom. The third-order valence-electron chi connectivity index (χ3n) is 1.97. The van der Waals surface area contributed by atoms with E-state index in [9.17, 15) is 10.1 Å². The van der Waals surface area contributed by atoms with E-state index in [4.69, 9.17) is 11.2 Å². The Bertz CT molecular complexity index is 409. The van der Waals surface area contributed by atoms with Crippen LogP contribution in [0.2, 0.25) is 0 Å². The molecule has 15 heavy (non-hydrogen) atoms. The molecule has 0 amide bonds. The quantitative estimate of drug-likeness (QED) is 0.432. The van der Waals surface area contributed by atoms with Crippen LogP contribution in [0.1, 0.15) is 11.1 Å². The van der Waals surface area contributed by atoms with Crippen LogP contribution in [0.15, 0.2) is 12.1 Å². The first-order chi connectivity index (χ1) is 7.06. The fourth-order valence-electron chi connectivity index (χ4n) is 1.41. The van der Waals surface area contributed by atoms with Gasteiger partial charge in [-0.05, 0) is 26.0 Å². The molecular formula is C11H11NO3. The van der Waals surface area contributed by atoms with Gasteiger partial charge in [0.05, 0.1) is 4.92 Å². The molecule has 0 spiro atoms. The van der Waals surface area contributed by atoms with Gasteiger partial charge in [-0.15, -0.1) is 6.42 Å². The first kappa shape index (κ1) is 11.1. The SMILES string of the molecule is C#CCOc1cc(C)c([N+](=O)[O-])c(C)c1. The smallest absolute Gasteiger partial charge is 0.275 e. The molecule has 0 atom stereocenters. The molecule has 4 nitrogen and oxygen atoms in total. The molecule has 0 unspecified atom stereocenters. The number of benzene rings is 1. The van der Waals surface area contributed by atoms with Crippen LogP contribution in [0.4, 0.5) is 5.69 Å². The zero-order chi connectivity index (χ0) is 11.4. The molecule has 0 fully saturated rings. The minimum atomic E-state index is -0.393. The van der Waals surface area contributed by atoms with Crippen LogP contribution in [-0.2, 0) is 0 Å². The zero-order valence-corrected chi connectivity index (χ0v) is 8.61. The molecule has 0 aliphatic heterocycles. The van der Waals surface area contributed by atoms with Crippen LogP contribution in [-0.4, -0.2) is 11.5 Å². The molecule has 0 saturated carbocycles. The van der Waals surface area contributed by atoms with Gasteiger partial charge in [-0.3, -0.25) is 10.1 Å². The van der Waals surface area contributed by atoms with Crippen molar-refractivity contribution in [1.82, 2.24) is 0 Å². The van der Waals surface area contributed by atoms with E-state index in [0.717, 1.165) is 0 Å². The Kier molecular flexibility index (Phi) is 3.29. The second kappa shape index (κ2) is 4.47. The molecule has 0 aromatic heterocycles. The normalized spacial score (nSPS) is 9.40. The summed E-state index contributed by atoms with van der Waals surface area (Å²) in [6, 6.07) is 3.23. The Morgan fingerprint density at radius 2 is 2.00 bits per heavy atom. The summed E-state index contributed by atoms with van der Waals surface area (Å²) >= 11 is 0. The number of nitro groups is 1. The summed E-state index contributed by atoms with van der Waals surface area (Å²) in [7, 11) is 0. The number of nitro benzene ring substituents is 1.